The third-order valence-corrected chi connectivity index (χ3v) is 5.33. The molecule has 2 aliphatic rings. The summed E-state index contributed by atoms with van der Waals surface area (Å²) in [6, 6.07) is 0. The zero-order chi connectivity index (χ0) is 13.6. The maximum atomic E-state index is 3.59. The van der Waals surface area contributed by atoms with Crippen molar-refractivity contribution in [2.24, 2.45) is 11.3 Å². The lowest BCUT2D eigenvalue weighted by molar-refractivity contribution is 0.0683. The summed E-state index contributed by atoms with van der Waals surface area (Å²) in [5, 5.41) is 3.59. The summed E-state index contributed by atoms with van der Waals surface area (Å²) in [5.74, 6) is 0.827. The molecule has 2 heteroatoms. The van der Waals surface area contributed by atoms with Crippen molar-refractivity contribution in [1.82, 2.24) is 10.2 Å². The Balaban J connectivity index is 1.56. The van der Waals surface area contributed by atoms with Crippen LogP contribution in [0.25, 0.3) is 0 Å². The molecule has 2 rings (SSSR count). The van der Waals surface area contributed by atoms with Crippen LogP contribution < -0.4 is 5.32 Å². The highest BCUT2D eigenvalue weighted by Crippen LogP contribution is 2.44. The van der Waals surface area contributed by atoms with Gasteiger partial charge >= 0.3 is 0 Å². The molecule has 2 nitrogen and oxygen atoms in total. The van der Waals surface area contributed by atoms with Gasteiger partial charge in [0, 0.05) is 13.1 Å². The van der Waals surface area contributed by atoms with Gasteiger partial charge in [-0.25, -0.2) is 0 Å². The van der Waals surface area contributed by atoms with Gasteiger partial charge in [-0.3, -0.25) is 0 Å². The molecule has 1 N–H and O–H groups in total. The SMILES string of the molecule is CC(C)CCNCCN1CCC2(CCCCC2)CC1. The fraction of sp³-hybridized carbons (Fsp3) is 1.00. The molecule has 0 aromatic carbocycles. The summed E-state index contributed by atoms with van der Waals surface area (Å²) in [7, 11) is 0. The number of rotatable bonds is 6. The van der Waals surface area contributed by atoms with Crippen molar-refractivity contribution < 1.29 is 0 Å². The Morgan fingerprint density at radius 3 is 2.26 bits per heavy atom. The van der Waals surface area contributed by atoms with Crippen LogP contribution in [0.2, 0.25) is 0 Å². The van der Waals surface area contributed by atoms with Crippen LogP contribution in [0.15, 0.2) is 0 Å². The van der Waals surface area contributed by atoms with Crippen LogP contribution in [0.5, 0.6) is 0 Å². The monoisotopic (exact) mass is 266 g/mol. The standard InChI is InChI=1S/C17H34N2/c1-16(2)6-11-18-12-15-19-13-9-17(10-14-19)7-4-3-5-8-17/h16,18H,3-15H2,1-2H3. The molecule has 0 atom stereocenters. The molecule has 1 saturated heterocycles. The summed E-state index contributed by atoms with van der Waals surface area (Å²) < 4.78 is 0. The van der Waals surface area contributed by atoms with E-state index in [0.717, 1.165) is 11.3 Å². The van der Waals surface area contributed by atoms with Crippen LogP contribution in [-0.2, 0) is 0 Å². The van der Waals surface area contributed by atoms with Crippen molar-refractivity contribution in [3.8, 4) is 0 Å². The average Bonchev–Trinajstić information content (AvgIpc) is 2.41. The summed E-state index contributed by atoms with van der Waals surface area (Å²) in [6.45, 7) is 10.9. The highest BCUT2D eigenvalue weighted by atomic mass is 15.1. The van der Waals surface area contributed by atoms with Crippen LogP contribution >= 0.6 is 0 Å². The minimum atomic E-state index is 0.764. The van der Waals surface area contributed by atoms with Gasteiger partial charge < -0.3 is 10.2 Å². The quantitative estimate of drug-likeness (QED) is 0.738. The number of piperidine rings is 1. The van der Waals surface area contributed by atoms with E-state index < -0.39 is 0 Å². The second-order valence-corrected chi connectivity index (χ2v) is 7.33. The van der Waals surface area contributed by atoms with Crippen molar-refractivity contribution in [1.29, 1.82) is 0 Å². The van der Waals surface area contributed by atoms with Crippen LogP contribution in [0, 0.1) is 11.3 Å². The van der Waals surface area contributed by atoms with Gasteiger partial charge in [-0.05, 0) is 63.1 Å². The zero-order valence-corrected chi connectivity index (χ0v) is 13.2. The van der Waals surface area contributed by atoms with Crippen molar-refractivity contribution in [3.63, 3.8) is 0 Å². The molecule has 0 amide bonds. The molecule has 1 heterocycles. The molecule has 112 valence electrons. The first-order chi connectivity index (χ1) is 9.20. The lowest BCUT2D eigenvalue weighted by Crippen LogP contribution is -2.43. The lowest BCUT2D eigenvalue weighted by atomic mass is 9.68. The maximum Gasteiger partial charge on any atom is 0.0107 e. The van der Waals surface area contributed by atoms with Crippen LogP contribution in [0.1, 0.15) is 65.2 Å². The number of likely N-dealkylation sites (tertiary alicyclic amines) is 1. The molecule has 0 radical (unpaired) electrons. The Morgan fingerprint density at radius 1 is 0.947 bits per heavy atom. The van der Waals surface area contributed by atoms with E-state index >= 15 is 0 Å². The van der Waals surface area contributed by atoms with Gasteiger partial charge in [-0.1, -0.05) is 33.1 Å². The highest BCUT2D eigenvalue weighted by molar-refractivity contribution is 4.88. The fourth-order valence-electron chi connectivity index (χ4n) is 3.81. The topological polar surface area (TPSA) is 15.3 Å². The van der Waals surface area contributed by atoms with E-state index in [1.165, 1.54) is 84.1 Å². The highest BCUT2D eigenvalue weighted by Gasteiger charge is 2.35. The summed E-state index contributed by atoms with van der Waals surface area (Å²) in [5.41, 5.74) is 0.764. The molecule has 2 fully saturated rings. The van der Waals surface area contributed by atoms with Crippen molar-refractivity contribution in [3.05, 3.63) is 0 Å². The second-order valence-electron chi connectivity index (χ2n) is 7.33. The Kier molecular flexibility index (Phi) is 6.15. The number of hydrogen-bond acceptors (Lipinski definition) is 2. The van der Waals surface area contributed by atoms with E-state index in [-0.39, 0.29) is 0 Å². The van der Waals surface area contributed by atoms with Crippen LogP contribution in [0.4, 0.5) is 0 Å². The number of nitrogens with zero attached hydrogens (tertiary/aromatic N) is 1. The molecule has 0 unspecified atom stereocenters. The molecule has 1 aliphatic heterocycles. The first-order valence-corrected chi connectivity index (χ1v) is 8.63. The Morgan fingerprint density at radius 2 is 1.63 bits per heavy atom. The predicted molar refractivity (Wildman–Crippen MR) is 83.5 cm³/mol. The molecule has 0 aromatic heterocycles. The van der Waals surface area contributed by atoms with Gasteiger partial charge in [0.1, 0.15) is 0 Å². The average molecular weight is 266 g/mol. The Labute approximate surface area is 120 Å². The minimum Gasteiger partial charge on any atom is -0.315 e. The van der Waals surface area contributed by atoms with Gasteiger partial charge in [-0.2, -0.15) is 0 Å². The van der Waals surface area contributed by atoms with Gasteiger partial charge in [-0.15, -0.1) is 0 Å². The molecule has 0 aromatic rings. The maximum absolute atomic E-state index is 3.59. The van der Waals surface area contributed by atoms with Crippen molar-refractivity contribution in [2.45, 2.75) is 65.2 Å². The molecule has 19 heavy (non-hydrogen) atoms. The molecular weight excluding hydrogens is 232 g/mol. The summed E-state index contributed by atoms with van der Waals surface area (Å²) in [6.07, 6.45) is 11.8. The van der Waals surface area contributed by atoms with E-state index in [0.29, 0.717) is 0 Å². The first-order valence-electron chi connectivity index (χ1n) is 8.63. The molecule has 0 bridgehead atoms. The molecular formula is C17H34N2. The van der Waals surface area contributed by atoms with E-state index in [1.807, 2.05) is 0 Å². The van der Waals surface area contributed by atoms with E-state index in [9.17, 15) is 0 Å². The van der Waals surface area contributed by atoms with Gasteiger partial charge in [0.05, 0.1) is 0 Å². The lowest BCUT2D eigenvalue weighted by Gasteiger charge is -2.44. The Hall–Kier alpha value is -0.0800. The van der Waals surface area contributed by atoms with Crippen LogP contribution in [-0.4, -0.2) is 37.6 Å². The fourth-order valence-corrected chi connectivity index (χ4v) is 3.81. The van der Waals surface area contributed by atoms with Crippen molar-refractivity contribution in [2.75, 3.05) is 32.7 Å². The van der Waals surface area contributed by atoms with Crippen LogP contribution in [0.3, 0.4) is 0 Å². The first kappa shape index (κ1) is 15.3. The van der Waals surface area contributed by atoms with Crippen molar-refractivity contribution >= 4 is 0 Å². The van der Waals surface area contributed by atoms with Gasteiger partial charge in [0.2, 0.25) is 0 Å². The molecule has 1 spiro atoms. The third-order valence-electron chi connectivity index (χ3n) is 5.33. The summed E-state index contributed by atoms with van der Waals surface area (Å²) in [4.78, 5) is 2.68. The van der Waals surface area contributed by atoms with Gasteiger partial charge in [0.15, 0.2) is 0 Å². The van der Waals surface area contributed by atoms with E-state index in [1.54, 1.807) is 0 Å². The van der Waals surface area contributed by atoms with Gasteiger partial charge in [0.25, 0.3) is 0 Å². The number of hydrogen-bond donors (Lipinski definition) is 1. The number of nitrogens with one attached hydrogen (secondary N) is 1. The smallest absolute Gasteiger partial charge is 0.0107 e. The minimum absolute atomic E-state index is 0.764. The third kappa shape index (κ3) is 5.07. The largest absolute Gasteiger partial charge is 0.315 e. The second kappa shape index (κ2) is 7.64. The van der Waals surface area contributed by atoms with E-state index in [4.69, 9.17) is 0 Å². The Bertz CT molecular complexity index is 234. The molecule has 1 aliphatic carbocycles. The van der Waals surface area contributed by atoms with E-state index in [2.05, 4.69) is 24.1 Å². The predicted octanol–water partition coefficient (Wildman–Crippen LogP) is 3.67. The normalized spacial score (nSPS) is 24.2. The summed E-state index contributed by atoms with van der Waals surface area (Å²) >= 11 is 0. The zero-order valence-electron chi connectivity index (χ0n) is 13.2. The molecule has 1 saturated carbocycles.